The fourth-order valence-corrected chi connectivity index (χ4v) is 3.51. The second-order valence-electron chi connectivity index (χ2n) is 5.12. The van der Waals surface area contributed by atoms with Crippen LogP contribution in [0.3, 0.4) is 0 Å². The number of hydrogen-bond acceptors (Lipinski definition) is 3. The van der Waals surface area contributed by atoms with Crippen molar-refractivity contribution >= 4 is 22.9 Å². The van der Waals surface area contributed by atoms with Crippen molar-refractivity contribution in [3.8, 4) is 0 Å². The summed E-state index contributed by atoms with van der Waals surface area (Å²) in [4.78, 5) is 13.5. The number of aryl methyl sites for hydroxylation is 1. The average Bonchev–Trinajstić information content (AvgIpc) is 2.98. The van der Waals surface area contributed by atoms with E-state index in [1.54, 1.807) is 16.2 Å². The fraction of sp³-hybridized carbons (Fsp3) is 0.312. The van der Waals surface area contributed by atoms with E-state index < -0.39 is 0 Å². The van der Waals surface area contributed by atoms with Gasteiger partial charge in [-0.1, -0.05) is 12.1 Å². The Morgan fingerprint density at radius 2 is 2.10 bits per heavy atom. The number of thiophene rings is 1. The monoisotopic (exact) mass is 286 g/mol. The topological polar surface area (TPSA) is 32.3 Å². The van der Waals surface area contributed by atoms with Gasteiger partial charge in [-0.3, -0.25) is 4.79 Å². The van der Waals surface area contributed by atoms with Crippen molar-refractivity contribution in [2.75, 3.05) is 19.0 Å². The predicted molar refractivity (Wildman–Crippen MR) is 83.4 cm³/mol. The Kier molecular flexibility index (Phi) is 3.59. The molecule has 20 heavy (non-hydrogen) atoms. The van der Waals surface area contributed by atoms with E-state index in [-0.39, 0.29) is 11.9 Å². The number of benzene rings is 1. The summed E-state index contributed by atoms with van der Waals surface area (Å²) in [6.45, 7) is 0. The van der Waals surface area contributed by atoms with Crippen LogP contribution in [-0.4, -0.2) is 20.0 Å². The lowest BCUT2D eigenvalue weighted by atomic mass is 9.94. The van der Waals surface area contributed by atoms with E-state index in [0.29, 0.717) is 6.42 Å². The molecule has 0 aliphatic carbocycles. The average molecular weight is 286 g/mol. The third-order valence-electron chi connectivity index (χ3n) is 3.95. The molecule has 4 heteroatoms. The number of rotatable bonds is 3. The highest BCUT2D eigenvalue weighted by atomic mass is 32.1. The van der Waals surface area contributed by atoms with Crippen LogP contribution in [0.5, 0.6) is 0 Å². The van der Waals surface area contributed by atoms with Crippen molar-refractivity contribution in [1.82, 2.24) is 5.32 Å². The van der Waals surface area contributed by atoms with Gasteiger partial charge in [-0.05, 0) is 53.1 Å². The maximum Gasteiger partial charge on any atom is 0.227 e. The Morgan fingerprint density at radius 1 is 1.25 bits per heavy atom. The summed E-state index contributed by atoms with van der Waals surface area (Å²) in [5.41, 5.74) is 4.86. The molecule has 0 bridgehead atoms. The van der Waals surface area contributed by atoms with Gasteiger partial charge in [0.1, 0.15) is 0 Å². The molecule has 3 nitrogen and oxygen atoms in total. The normalized spacial score (nSPS) is 16.1. The van der Waals surface area contributed by atoms with Gasteiger partial charge in [0.2, 0.25) is 5.91 Å². The van der Waals surface area contributed by atoms with Crippen molar-refractivity contribution in [3.63, 3.8) is 0 Å². The first kappa shape index (κ1) is 13.3. The molecule has 0 saturated heterocycles. The predicted octanol–water partition coefficient (Wildman–Crippen LogP) is 2.97. The van der Waals surface area contributed by atoms with Crippen LogP contribution in [0, 0.1) is 0 Å². The molecule has 3 rings (SSSR count). The van der Waals surface area contributed by atoms with Crippen LogP contribution >= 0.6 is 11.3 Å². The minimum absolute atomic E-state index is 0.202. The fourth-order valence-electron chi connectivity index (χ4n) is 2.82. The van der Waals surface area contributed by atoms with E-state index in [4.69, 9.17) is 0 Å². The van der Waals surface area contributed by atoms with Crippen LogP contribution in [-0.2, 0) is 11.2 Å². The number of fused-ring (bicyclic) bond motifs is 1. The first-order chi connectivity index (χ1) is 9.70. The van der Waals surface area contributed by atoms with E-state index in [1.165, 1.54) is 16.7 Å². The molecule has 104 valence electrons. The molecule has 1 unspecified atom stereocenters. The molecule has 1 amide bonds. The van der Waals surface area contributed by atoms with Gasteiger partial charge in [0.25, 0.3) is 0 Å². The zero-order chi connectivity index (χ0) is 14.1. The lowest BCUT2D eigenvalue weighted by Gasteiger charge is -2.27. The van der Waals surface area contributed by atoms with E-state index in [2.05, 4.69) is 40.3 Å². The SMILES string of the molecule is CNC(c1ccsc1)c1ccc2c(c1)CCC(=O)N2C. The molecule has 1 atom stereocenters. The molecule has 1 aromatic carbocycles. The molecule has 1 aromatic heterocycles. The van der Waals surface area contributed by atoms with Gasteiger partial charge in [0, 0.05) is 19.2 Å². The minimum Gasteiger partial charge on any atom is -0.315 e. The van der Waals surface area contributed by atoms with E-state index >= 15 is 0 Å². The highest BCUT2D eigenvalue weighted by molar-refractivity contribution is 7.08. The summed E-state index contributed by atoms with van der Waals surface area (Å²) in [6.07, 6.45) is 1.45. The number of carbonyl (C=O) groups excluding carboxylic acids is 1. The van der Waals surface area contributed by atoms with Gasteiger partial charge in [0.05, 0.1) is 6.04 Å². The van der Waals surface area contributed by atoms with E-state index in [9.17, 15) is 4.79 Å². The van der Waals surface area contributed by atoms with Crippen LogP contribution in [0.1, 0.15) is 29.2 Å². The first-order valence-corrected chi connectivity index (χ1v) is 7.73. The summed E-state index contributed by atoms with van der Waals surface area (Å²) in [5.74, 6) is 0.202. The number of hydrogen-bond donors (Lipinski definition) is 1. The van der Waals surface area contributed by atoms with Crippen LogP contribution in [0.2, 0.25) is 0 Å². The van der Waals surface area contributed by atoms with Crippen molar-refractivity contribution in [3.05, 3.63) is 51.7 Å². The van der Waals surface area contributed by atoms with Crippen molar-refractivity contribution in [2.24, 2.45) is 0 Å². The Morgan fingerprint density at radius 3 is 2.80 bits per heavy atom. The van der Waals surface area contributed by atoms with Crippen LogP contribution in [0.4, 0.5) is 5.69 Å². The summed E-state index contributed by atoms with van der Waals surface area (Å²) in [5, 5.41) is 7.65. The molecular weight excluding hydrogens is 268 g/mol. The summed E-state index contributed by atoms with van der Waals surface area (Å²) >= 11 is 1.71. The van der Waals surface area contributed by atoms with Gasteiger partial charge in [0.15, 0.2) is 0 Å². The van der Waals surface area contributed by atoms with Gasteiger partial charge >= 0.3 is 0 Å². The lowest BCUT2D eigenvalue weighted by Crippen LogP contribution is -2.31. The molecule has 0 fully saturated rings. The van der Waals surface area contributed by atoms with Crippen LogP contribution in [0.15, 0.2) is 35.0 Å². The van der Waals surface area contributed by atoms with Crippen molar-refractivity contribution < 1.29 is 4.79 Å². The smallest absolute Gasteiger partial charge is 0.227 e. The molecule has 0 radical (unpaired) electrons. The Hall–Kier alpha value is -1.65. The zero-order valence-electron chi connectivity index (χ0n) is 11.7. The molecule has 1 N–H and O–H groups in total. The maximum absolute atomic E-state index is 11.7. The summed E-state index contributed by atoms with van der Waals surface area (Å²) in [6, 6.07) is 8.79. The maximum atomic E-state index is 11.7. The first-order valence-electron chi connectivity index (χ1n) is 6.79. The molecule has 2 heterocycles. The number of nitrogens with one attached hydrogen (secondary N) is 1. The zero-order valence-corrected chi connectivity index (χ0v) is 12.5. The highest BCUT2D eigenvalue weighted by Crippen LogP contribution is 2.31. The molecule has 0 saturated carbocycles. The number of anilines is 1. The number of nitrogens with zero attached hydrogens (tertiary/aromatic N) is 1. The summed E-state index contributed by atoms with van der Waals surface area (Å²) in [7, 11) is 3.84. The Balaban J connectivity index is 1.98. The number of carbonyl (C=O) groups is 1. The molecule has 0 spiro atoms. The van der Waals surface area contributed by atoms with E-state index in [1.807, 2.05) is 14.1 Å². The second kappa shape index (κ2) is 5.38. The third kappa shape index (κ3) is 2.25. The van der Waals surface area contributed by atoms with Gasteiger partial charge in [-0.25, -0.2) is 0 Å². The second-order valence-corrected chi connectivity index (χ2v) is 5.90. The van der Waals surface area contributed by atoms with Crippen molar-refractivity contribution in [1.29, 1.82) is 0 Å². The molecule has 2 aromatic rings. The summed E-state index contributed by atoms with van der Waals surface area (Å²) < 4.78 is 0. The van der Waals surface area contributed by atoms with E-state index in [0.717, 1.165) is 12.1 Å². The lowest BCUT2D eigenvalue weighted by molar-refractivity contribution is -0.118. The minimum atomic E-state index is 0.202. The standard InChI is InChI=1S/C16H18N2OS/c1-17-16(13-7-8-20-10-13)12-3-5-14-11(9-12)4-6-15(19)18(14)2/h3,5,7-10,16-17H,4,6H2,1-2H3. The molecular formula is C16H18N2OS. The largest absolute Gasteiger partial charge is 0.315 e. The molecule has 1 aliphatic rings. The highest BCUT2D eigenvalue weighted by Gasteiger charge is 2.22. The van der Waals surface area contributed by atoms with Gasteiger partial charge in [-0.15, -0.1) is 0 Å². The van der Waals surface area contributed by atoms with Crippen LogP contribution < -0.4 is 10.2 Å². The molecule has 1 aliphatic heterocycles. The van der Waals surface area contributed by atoms with Gasteiger partial charge < -0.3 is 10.2 Å². The number of amides is 1. The van der Waals surface area contributed by atoms with Gasteiger partial charge in [-0.2, -0.15) is 11.3 Å². The quantitative estimate of drug-likeness (QED) is 0.941. The van der Waals surface area contributed by atoms with Crippen molar-refractivity contribution in [2.45, 2.75) is 18.9 Å². The third-order valence-corrected chi connectivity index (χ3v) is 4.65. The Labute approximate surface area is 123 Å². The van der Waals surface area contributed by atoms with Crippen LogP contribution in [0.25, 0.3) is 0 Å². The Bertz CT molecular complexity index is 621.